The van der Waals surface area contributed by atoms with Crippen LogP contribution < -0.4 is 10.5 Å². The molecule has 1 unspecified atom stereocenters. The van der Waals surface area contributed by atoms with Crippen LogP contribution in [-0.4, -0.2) is 50.8 Å². The van der Waals surface area contributed by atoms with E-state index in [0.29, 0.717) is 26.2 Å². The standard InChI is InChI=1S/C15H24N2O3/c1-17(15(18)14(16)9-6-11-19-2)10-12-20-13-7-4-3-5-8-13/h3-5,7-8,14H,6,9-12,16H2,1-2H3. The van der Waals surface area contributed by atoms with E-state index in [1.807, 2.05) is 30.3 Å². The van der Waals surface area contributed by atoms with Crippen LogP contribution in [0.1, 0.15) is 12.8 Å². The minimum atomic E-state index is -0.466. The lowest BCUT2D eigenvalue weighted by Crippen LogP contribution is -2.43. The minimum Gasteiger partial charge on any atom is -0.492 e. The van der Waals surface area contributed by atoms with Gasteiger partial charge in [0.05, 0.1) is 12.6 Å². The van der Waals surface area contributed by atoms with Gasteiger partial charge in [0.25, 0.3) is 0 Å². The number of rotatable bonds is 9. The number of ether oxygens (including phenoxy) is 2. The molecule has 5 heteroatoms. The summed E-state index contributed by atoms with van der Waals surface area (Å²) in [6.07, 6.45) is 1.42. The number of para-hydroxylation sites is 1. The third-order valence-electron chi connectivity index (χ3n) is 3.00. The second-order valence-electron chi connectivity index (χ2n) is 4.66. The molecule has 0 fully saturated rings. The van der Waals surface area contributed by atoms with E-state index in [0.717, 1.165) is 12.2 Å². The van der Waals surface area contributed by atoms with E-state index in [4.69, 9.17) is 15.2 Å². The van der Waals surface area contributed by atoms with Crippen LogP contribution in [0.5, 0.6) is 5.75 Å². The Kier molecular flexibility index (Phi) is 7.69. The number of carbonyl (C=O) groups excluding carboxylic acids is 1. The molecule has 5 nitrogen and oxygen atoms in total. The molecule has 0 spiro atoms. The third kappa shape index (κ3) is 6.04. The lowest BCUT2D eigenvalue weighted by Gasteiger charge is -2.21. The first-order valence-corrected chi connectivity index (χ1v) is 6.82. The molecule has 0 aliphatic carbocycles. The summed E-state index contributed by atoms with van der Waals surface area (Å²) in [5, 5.41) is 0. The van der Waals surface area contributed by atoms with E-state index in [2.05, 4.69) is 0 Å². The van der Waals surface area contributed by atoms with Gasteiger partial charge < -0.3 is 20.1 Å². The van der Waals surface area contributed by atoms with Crippen molar-refractivity contribution in [2.45, 2.75) is 18.9 Å². The number of hydrogen-bond acceptors (Lipinski definition) is 4. The molecular weight excluding hydrogens is 256 g/mol. The Balaban J connectivity index is 2.24. The maximum Gasteiger partial charge on any atom is 0.239 e. The minimum absolute atomic E-state index is 0.0576. The highest BCUT2D eigenvalue weighted by Crippen LogP contribution is 2.08. The van der Waals surface area contributed by atoms with Gasteiger partial charge in [-0.05, 0) is 25.0 Å². The fourth-order valence-electron chi connectivity index (χ4n) is 1.78. The second-order valence-corrected chi connectivity index (χ2v) is 4.66. The number of nitrogens with zero attached hydrogens (tertiary/aromatic N) is 1. The van der Waals surface area contributed by atoms with Crippen molar-refractivity contribution in [3.8, 4) is 5.75 Å². The first-order chi connectivity index (χ1) is 9.65. The van der Waals surface area contributed by atoms with Crippen molar-refractivity contribution in [1.29, 1.82) is 0 Å². The number of benzene rings is 1. The zero-order chi connectivity index (χ0) is 14.8. The molecule has 0 aromatic heterocycles. The molecule has 0 aliphatic heterocycles. The van der Waals surface area contributed by atoms with Crippen LogP contribution in [0.2, 0.25) is 0 Å². The van der Waals surface area contributed by atoms with Gasteiger partial charge in [-0.1, -0.05) is 18.2 Å². The Hall–Kier alpha value is -1.59. The highest BCUT2D eigenvalue weighted by atomic mass is 16.5. The lowest BCUT2D eigenvalue weighted by atomic mass is 10.1. The molecule has 1 rings (SSSR count). The molecule has 0 heterocycles. The molecule has 0 bridgehead atoms. The third-order valence-corrected chi connectivity index (χ3v) is 3.00. The zero-order valence-corrected chi connectivity index (χ0v) is 12.2. The fraction of sp³-hybridized carbons (Fsp3) is 0.533. The predicted molar refractivity (Wildman–Crippen MR) is 78.7 cm³/mol. The Bertz CT molecular complexity index is 384. The van der Waals surface area contributed by atoms with Crippen LogP contribution >= 0.6 is 0 Å². The van der Waals surface area contributed by atoms with Crippen LogP contribution in [0.25, 0.3) is 0 Å². The van der Waals surface area contributed by atoms with Gasteiger partial charge in [0.2, 0.25) is 5.91 Å². The van der Waals surface area contributed by atoms with Gasteiger partial charge in [0.1, 0.15) is 12.4 Å². The molecule has 0 radical (unpaired) electrons. The number of hydrogen-bond donors (Lipinski definition) is 1. The van der Waals surface area contributed by atoms with E-state index >= 15 is 0 Å². The number of carbonyl (C=O) groups is 1. The second kappa shape index (κ2) is 9.34. The summed E-state index contributed by atoms with van der Waals surface area (Å²) in [6.45, 7) is 1.60. The van der Waals surface area contributed by atoms with Crippen molar-refractivity contribution in [3.05, 3.63) is 30.3 Å². The first-order valence-electron chi connectivity index (χ1n) is 6.82. The van der Waals surface area contributed by atoms with Crippen LogP contribution in [0.4, 0.5) is 0 Å². The smallest absolute Gasteiger partial charge is 0.239 e. The van der Waals surface area contributed by atoms with Gasteiger partial charge >= 0.3 is 0 Å². The maximum atomic E-state index is 12.0. The van der Waals surface area contributed by atoms with E-state index in [-0.39, 0.29) is 5.91 Å². The van der Waals surface area contributed by atoms with E-state index in [1.54, 1.807) is 19.1 Å². The van der Waals surface area contributed by atoms with Crippen molar-refractivity contribution >= 4 is 5.91 Å². The van der Waals surface area contributed by atoms with Crippen molar-refractivity contribution in [2.24, 2.45) is 5.73 Å². The van der Waals surface area contributed by atoms with Gasteiger partial charge in [-0.25, -0.2) is 0 Å². The van der Waals surface area contributed by atoms with Gasteiger partial charge in [0.15, 0.2) is 0 Å². The normalized spacial score (nSPS) is 11.9. The highest BCUT2D eigenvalue weighted by molar-refractivity contribution is 5.81. The quantitative estimate of drug-likeness (QED) is 0.692. The van der Waals surface area contributed by atoms with Crippen LogP contribution in [-0.2, 0) is 9.53 Å². The van der Waals surface area contributed by atoms with Crippen LogP contribution in [0, 0.1) is 0 Å². The predicted octanol–water partition coefficient (Wildman–Crippen LogP) is 1.28. The monoisotopic (exact) mass is 280 g/mol. The number of amides is 1. The van der Waals surface area contributed by atoms with Gasteiger partial charge in [-0.2, -0.15) is 0 Å². The summed E-state index contributed by atoms with van der Waals surface area (Å²) in [6, 6.07) is 9.07. The van der Waals surface area contributed by atoms with Crippen molar-refractivity contribution in [2.75, 3.05) is 33.9 Å². The summed E-state index contributed by atoms with van der Waals surface area (Å²) >= 11 is 0. The first kappa shape index (κ1) is 16.5. The topological polar surface area (TPSA) is 64.8 Å². The molecule has 20 heavy (non-hydrogen) atoms. The Morgan fingerprint density at radius 2 is 2.00 bits per heavy atom. The average molecular weight is 280 g/mol. The molecule has 0 aliphatic rings. The number of nitrogens with two attached hydrogens (primary N) is 1. The summed E-state index contributed by atoms with van der Waals surface area (Å²) in [5.74, 6) is 0.746. The fourth-order valence-corrected chi connectivity index (χ4v) is 1.78. The molecule has 1 aromatic rings. The molecule has 112 valence electrons. The molecule has 1 amide bonds. The number of likely N-dealkylation sites (N-methyl/N-ethyl adjacent to an activating group) is 1. The lowest BCUT2D eigenvalue weighted by molar-refractivity contribution is -0.131. The Labute approximate surface area is 120 Å². The summed E-state index contributed by atoms with van der Waals surface area (Å²) in [4.78, 5) is 13.6. The summed E-state index contributed by atoms with van der Waals surface area (Å²) in [5.41, 5.74) is 5.85. The highest BCUT2D eigenvalue weighted by Gasteiger charge is 2.17. The van der Waals surface area contributed by atoms with Gasteiger partial charge in [0, 0.05) is 20.8 Å². The maximum absolute atomic E-state index is 12.0. The molecular formula is C15H24N2O3. The molecule has 2 N–H and O–H groups in total. The van der Waals surface area contributed by atoms with E-state index in [9.17, 15) is 4.79 Å². The molecule has 1 aromatic carbocycles. The van der Waals surface area contributed by atoms with Crippen molar-refractivity contribution in [1.82, 2.24) is 4.90 Å². The Morgan fingerprint density at radius 3 is 2.65 bits per heavy atom. The largest absolute Gasteiger partial charge is 0.492 e. The van der Waals surface area contributed by atoms with E-state index in [1.165, 1.54) is 0 Å². The average Bonchev–Trinajstić information content (AvgIpc) is 2.47. The zero-order valence-electron chi connectivity index (χ0n) is 12.2. The molecule has 0 saturated carbocycles. The molecule has 1 atom stereocenters. The SMILES string of the molecule is COCCCC(N)C(=O)N(C)CCOc1ccccc1. The molecule has 0 saturated heterocycles. The van der Waals surface area contributed by atoms with Crippen LogP contribution in [0.3, 0.4) is 0 Å². The van der Waals surface area contributed by atoms with Gasteiger partial charge in [-0.3, -0.25) is 4.79 Å². The Morgan fingerprint density at radius 1 is 1.30 bits per heavy atom. The summed E-state index contributed by atoms with van der Waals surface area (Å²) < 4.78 is 10.5. The summed E-state index contributed by atoms with van der Waals surface area (Å²) in [7, 11) is 3.38. The van der Waals surface area contributed by atoms with Crippen molar-refractivity contribution in [3.63, 3.8) is 0 Å². The van der Waals surface area contributed by atoms with E-state index < -0.39 is 6.04 Å². The number of methoxy groups -OCH3 is 1. The van der Waals surface area contributed by atoms with Gasteiger partial charge in [-0.15, -0.1) is 0 Å². The van der Waals surface area contributed by atoms with Crippen LogP contribution in [0.15, 0.2) is 30.3 Å². The van der Waals surface area contributed by atoms with Crippen molar-refractivity contribution < 1.29 is 14.3 Å².